The second kappa shape index (κ2) is 3.40. The fraction of sp³-hybridized carbons (Fsp3) is 1.00. The maximum Gasteiger partial charge on any atom is -0.0238 e. The third-order valence-electron chi connectivity index (χ3n) is 4.03. The van der Waals surface area contributed by atoms with Crippen LogP contribution in [0.5, 0.6) is 0 Å². The molecule has 0 spiro atoms. The highest BCUT2D eigenvalue weighted by Crippen LogP contribution is 2.65. The molecule has 0 amide bonds. The van der Waals surface area contributed by atoms with E-state index in [1.54, 1.807) is 0 Å². The predicted molar refractivity (Wildman–Crippen MR) is 55.1 cm³/mol. The van der Waals surface area contributed by atoms with E-state index in [1.807, 2.05) is 0 Å². The monoisotopic (exact) mass is 168 g/mol. The van der Waals surface area contributed by atoms with Crippen LogP contribution in [-0.4, -0.2) is 0 Å². The Balaban J connectivity index is 2.55. The average molecular weight is 168 g/mol. The van der Waals surface area contributed by atoms with Crippen molar-refractivity contribution in [3.05, 3.63) is 0 Å². The summed E-state index contributed by atoms with van der Waals surface area (Å²) in [6.07, 6.45) is 4.23. The van der Waals surface area contributed by atoms with Crippen molar-refractivity contribution in [2.24, 2.45) is 23.2 Å². The lowest BCUT2D eigenvalue weighted by molar-refractivity contribution is 0.327. The van der Waals surface area contributed by atoms with Crippen LogP contribution in [0.4, 0.5) is 0 Å². The fourth-order valence-corrected chi connectivity index (χ4v) is 3.39. The van der Waals surface area contributed by atoms with Crippen molar-refractivity contribution in [1.82, 2.24) is 0 Å². The summed E-state index contributed by atoms with van der Waals surface area (Å²) in [7, 11) is 0. The van der Waals surface area contributed by atoms with Crippen LogP contribution in [-0.2, 0) is 0 Å². The minimum atomic E-state index is 0.739. The molecular weight excluding hydrogens is 144 g/mol. The molecule has 1 saturated carbocycles. The van der Waals surface area contributed by atoms with E-state index in [1.165, 1.54) is 19.3 Å². The van der Waals surface area contributed by atoms with Crippen molar-refractivity contribution in [1.29, 1.82) is 0 Å². The summed E-state index contributed by atoms with van der Waals surface area (Å²) in [4.78, 5) is 0. The second-order valence-electron chi connectivity index (χ2n) is 4.99. The molecular formula is C12H24. The minimum absolute atomic E-state index is 0.739. The smallest absolute Gasteiger partial charge is 0.0238 e. The van der Waals surface area contributed by atoms with Crippen molar-refractivity contribution in [3.8, 4) is 0 Å². The minimum Gasteiger partial charge on any atom is -0.0651 e. The van der Waals surface area contributed by atoms with Gasteiger partial charge in [-0.2, -0.15) is 0 Å². The summed E-state index contributed by atoms with van der Waals surface area (Å²) in [5.41, 5.74) is 0.739. The summed E-state index contributed by atoms with van der Waals surface area (Å²) >= 11 is 0. The molecule has 0 saturated heterocycles. The topological polar surface area (TPSA) is 0 Å². The van der Waals surface area contributed by atoms with Gasteiger partial charge in [-0.05, 0) is 36.0 Å². The van der Waals surface area contributed by atoms with Gasteiger partial charge in [-0.3, -0.25) is 0 Å². The lowest BCUT2D eigenvalue weighted by Crippen LogP contribution is -2.07. The summed E-state index contributed by atoms with van der Waals surface area (Å²) in [5.74, 6) is 2.91. The SMILES string of the molecule is CCC1C(C)C1(CC)CC(C)C. The van der Waals surface area contributed by atoms with Crippen molar-refractivity contribution in [2.75, 3.05) is 0 Å². The van der Waals surface area contributed by atoms with Crippen LogP contribution in [0.1, 0.15) is 53.9 Å². The first kappa shape index (κ1) is 10.1. The van der Waals surface area contributed by atoms with Gasteiger partial charge >= 0.3 is 0 Å². The van der Waals surface area contributed by atoms with Crippen molar-refractivity contribution in [3.63, 3.8) is 0 Å². The molecule has 0 heterocycles. The Morgan fingerprint density at radius 3 is 2.08 bits per heavy atom. The molecule has 1 aliphatic rings. The van der Waals surface area contributed by atoms with Crippen molar-refractivity contribution < 1.29 is 0 Å². The van der Waals surface area contributed by atoms with Crippen LogP contribution in [0.15, 0.2) is 0 Å². The third kappa shape index (κ3) is 1.41. The lowest BCUT2D eigenvalue weighted by atomic mass is 9.88. The maximum absolute atomic E-state index is 2.44. The average Bonchev–Trinajstić information content (AvgIpc) is 2.55. The Bertz CT molecular complexity index is 148. The van der Waals surface area contributed by atoms with E-state index in [0.717, 1.165) is 23.2 Å². The van der Waals surface area contributed by atoms with Gasteiger partial charge in [0.15, 0.2) is 0 Å². The molecule has 12 heavy (non-hydrogen) atoms. The largest absolute Gasteiger partial charge is 0.0651 e. The van der Waals surface area contributed by atoms with Gasteiger partial charge in [0.05, 0.1) is 0 Å². The third-order valence-corrected chi connectivity index (χ3v) is 4.03. The molecule has 0 aromatic carbocycles. The Kier molecular flexibility index (Phi) is 2.85. The molecule has 1 rings (SSSR count). The number of hydrogen-bond donors (Lipinski definition) is 0. The second-order valence-corrected chi connectivity index (χ2v) is 4.99. The first-order valence-corrected chi connectivity index (χ1v) is 5.58. The van der Waals surface area contributed by atoms with E-state index >= 15 is 0 Å². The molecule has 72 valence electrons. The van der Waals surface area contributed by atoms with E-state index in [2.05, 4.69) is 34.6 Å². The quantitative estimate of drug-likeness (QED) is 0.592. The Hall–Kier alpha value is 0. The molecule has 0 aliphatic heterocycles. The first-order valence-electron chi connectivity index (χ1n) is 5.58. The van der Waals surface area contributed by atoms with Gasteiger partial charge in [0, 0.05) is 0 Å². The zero-order chi connectivity index (χ0) is 9.35. The molecule has 0 N–H and O–H groups in total. The lowest BCUT2D eigenvalue weighted by Gasteiger charge is -2.18. The highest BCUT2D eigenvalue weighted by atomic mass is 14.6. The molecule has 1 aliphatic carbocycles. The van der Waals surface area contributed by atoms with Gasteiger partial charge in [-0.25, -0.2) is 0 Å². The van der Waals surface area contributed by atoms with Crippen LogP contribution in [0, 0.1) is 23.2 Å². The summed E-state index contributed by atoms with van der Waals surface area (Å²) in [6, 6.07) is 0. The predicted octanol–water partition coefficient (Wildman–Crippen LogP) is 4.10. The molecule has 3 atom stereocenters. The van der Waals surface area contributed by atoms with Crippen LogP contribution >= 0.6 is 0 Å². The van der Waals surface area contributed by atoms with Gasteiger partial charge in [0.1, 0.15) is 0 Å². The van der Waals surface area contributed by atoms with Gasteiger partial charge in [-0.15, -0.1) is 0 Å². The molecule has 0 aromatic rings. The molecule has 1 fully saturated rings. The van der Waals surface area contributed by atoms with Gasteiger partial charge in [0.25, 0.3) is 0 Å². The van der Waals surface area contributed by atoms with Gasteiger partial charge < -0.3 is 0 Å². The molecule has 0 nitrogen and oxygen atoms in total. The Labute approximate surface area is 77.7 Å². The highest BCUT2D eigenvalue weighted by Gasteiger charge is 2.58. The standard InChI is InChI=1S/C12H24/c1-6-11-10(5)12(11,7-2)8-9(3)4/h9-11H,6-8H2,1-5H3. The highest BCUT2D eigenvalue weighted by molar-refractivity contribution is 5.06. The van der Waals surface area contributed by atoms with E-state index in [9.17, 15) is 0 Å². The van der Waals surface area contributed by atoms with Crippen LogP contribution in [0.25, 0.3) is 0 Å². The molecule has 3 unspecified atom stereocenters. The summed E-state index contributed by atoms with van der Waals surface area (Å²) < 4.78 is 0. The van der Waals surface area contributed by atoms with Gasteiger partial charge in [-0.1, -0.05) is 41.0 Å². The van der Waals surface area contributed by atoms with Crippen LogP contribution in [0.2, 0.25) is 0 Å². The number of rotatable bonds is 4. The van der Waals surface area contributed by atoms with Crippen molar-refractivity contribution in [2.45, 2.75) is 53.9 Å². The zero-order valence-electron chi connectivity index (χ0n) is 9.35. The van der Waals surface area contributed by atoms with Crippen molar-refractivity contribution >= 4 is 0 Å². The normalized spacial score (nSPS) is 40.5. The molecule has 0 bridgehead atoms. The Morgan fingerprint density at radius 2 is 1.83 bits per heavy atom. The van der Waals surface area contributed by atoms with E-state index in [4.69, 9.17) is 0 Å². The first-order chi connectivity index (χ1) is 5.58. The molecule has 0 heteroatoms. The van der Waals surface area contributed by atoms with E-state index in [0.29, 0.717) is 0 Å². The molecule has 0 aromatic heterocycles. The summed E-state index contributed by atoms with van der Waals surface area (Å²) in [5, 5.41) is 0. The van der Waals surface area contributed by atoms with Crippen LogP contribution in [0.3, 0.4) is 0 Å². The molecule has 0 radical (unpaired) electrons. The van der Waals surface area contributed by atoms with E-state index < -0.39 is 0 Å². The fourth-order valence-electron chi connectivity index (χ4n) is 3.39. The van der Waals surface area contributed by atoms with Crippen LogP contribution < -0.4 is 0 Å². The Morgan fingerprint density at radius 1 is 1.25 bits per heavy atom. The van der Waals surface area contributed by atoms with Gasteiger partial charge in [0.2, 0.25) is 0 Å². The maximum atomic E-state index is 2.44. The zero-order valence-corrected chi connectivity index (χ0v) is 9.35. The summed E-state index contributed by atoms with van der Waals surface area (Å²) in [6.45, 7) is 11.9. The number of hydrogen-bond acceptors (Lipinski definition) is 0. The van der Waals surface area contributed by atoms with E-state index in [-0.39, 0.29) is 0 Å².